The van der Waals surface area contributed by atoms with E-state index in [9.17, 15) is 4.79 Å². The van der Waals surface area contributed by atoms with Gasteiger partial charge in [0.15, 0.2) is 0 Å². The summed E-state index contributed by atoms with van der Waals surface area (Å²) in [7, 11) is 0. The number of amides is 1. The Bertz CT molecular complexity index is 509. The second-order valence-electron chi connectivity index (χ2n) is 6.30. The maximum atomic E-state index is 12.3. The highest BCUT2D eigenvalue weighted by Crippen LogP contribution is 2.38. The van der Waals surface area contributed by atoms with Crippen molar-refractivity contribution in [3.63, 3.8) is 0 Å². The van der Waals surface area contributed by atoms with E-state index in [4.69, 9.17) is 4.74 Å². The molecule has 2 fully saturated rings. The van der Waals surface area contributed by atoms with E-state index in [1.165, 1.54) is 5.75 Å². The Morgan fingerprint density at radius 1 is 1.62 bits per heavy atom. The van der Waals surface area contributed by atoms with E-state index >= 15 is 0 Å². The van der Waals surface area contributed by atoms with Crippen molar-refractivity contribution in [3.05, 3.63) is 18.2 Å². The summed E-state index contributed by atoms with van der Waals surface area (Å²) in [6.45, 7) is 4.89. The highest BCUT2D eigenvalue weighted by atomic mass is 32.2. The van der Waals surface area contributed by atoms with Gasteiger partial charge in [-0.25, -0.2) is 4.98 Å². The molecule has 3 rings (SSSR count). The minimum atomic E-state index is -0.0675. The predicted molar refractivity (Wildman–Crippen MR) is 83.7 cm³/mol. The highest BCUT2D eigenvalue weighted by molar-refractivity contribution is 7.99. The molecule has 0 aromatic carbocycles. The molecule has 2 saturated heterocycles. The van der Waals surface area contributed by atoms with Crippen molar-refractivity contribution in [1.82, 2.24) is 14.9 Å². The van der Waals surface area contributed by atoms with E-state index in [-0.39, 0.29) is 17.6 Å². The van der Waals surface area contributed by atoms with Crippen LogP contribution in [0, 0.1) is 0 Å². The summed E-state index contributed by atoms with van der Waals surface area (Å²) >= 11 is 1.95. The highest BCUT2D eigenvalue weighted by Gasteiger charge is 2.40. The van der Waals surface area contributed by atoms with E-state index in [1.54, 1.807) is 6.33 Å². The fourth-order valence-corrected chi connectivity index (χ4v) is 4.39. The zero-order valence-corrected chi connectivity index (χ0v) is 13.5. The normalized spacial score (nSPS) is 29.2. The van der Waals surface area contributed by atoms with Gasteiger partial charge in [-0.05, 0) is 38.9 Å². The van der Waals surface area contributed by atoms with Gasteiger partial charge in [0.05, 0.1) is 11.9 Å². The first-order valence-corrected chi connectivity index (χ1v) is 8.79. The number of nitrogens with zero attached hydrogens (tertiary/aromatic N) is 2. The minimum absolute atomic E-state index is 0.00183. The van der Waals surface area contributed by atoms with Gasteiger partial charge in [-0.3, -0.25) is 4.79 Å². The lowest BCUT2D eigenvalue weighted by atomic mass is 9.90. The molecule has 0 radical (unpaired) electrons. The Hall–Kier alpha value is -1.01. The van der Waals surface area contributed by atoms with Gasteiger partial charge >= 0.3 is 0 Å². The minimum Gasteiger partial charge on any atom is -0.374 e. The number of nitrogens with one attached hydrogen (secondary N) is 1. The Balaban J connectivity index is 1.61. The van der Waals surface area contributed by atoms with Crippen molar-refractivity contribution in [2.45, 2.75) is 50.8 Å². The van der Waals surface area contributed by atoms with Crippen molar-refractivity contribution < 1.29 is 9.53 Å². The third kappa shape index (κ3) is 3.26. The van der Waals surface area contributed by atoms with Crippen LogP contribution in [0.1, 0.15) is 49.6 Å². The summed E-state index contributed by atoms with van der Waals surface area (Å²) < 4.78 is 7.94. The van der Waals surface area contributed by atoms with Gasteiger partial charge < -0.3 is 14.6 Å². The van der Waals surface area contributed by atoms with Gasteiger partial charge in [-0.2, -0.15) is 11.8 Å². The quantitative estimate of drug-likeness (QED) is 0.930. The number of imidazole rings is 1. The predicted octanol–water partition coefficient (Wildman–Crippen LogP) is 2.25. The fraction of sp³-hybridized carbons (Fsp3) is 0.733. The molecule has 2 aliphatic heterocycles. The van der Waals surface area contributed by atoms with Crippen molar-refractivity contribution >= 4 is 17.7 Å². The van der Waals surface area contributed by atoms with E-state index in [2.05, 4.69) is 24.1 Å². The number of rotatable bonds is 3. The third-order valence-electron chi connectivity index (χ3n) is 4.33. The summed E-state index contributed by atoms with van der Waals surface area (Å²) in [5.41, 5.74) is 0.503. The largest absolute Gasteiger partial charge is 0.374 e. The van der Waals surface area contributed by atoms with Gasteiger partial charge in [-0.15, -0.1) is 0 Å². The van der Waals surface area contributed by atoms with Crippen LogP contribution in [0.15, 0.2) is 12.5 Å². The average Bonchev–Trinajstić information content (AvgIpc) is 3.08. The van der Waals surface area contributed by atoms with Gasteiger partial charge in [0.25, 0.3) is 5.91 Å². The maximum absolute atomic E-state index is 12.3. The monoisotopic (exact) mass is 309 g/mol. The summed E-state index contributed by atoms with van der Waals surface area (Å²) in [6.07, 6.45) is 6.46. The fourth-order valence-electron chi connectivity index (χ4n) is 3.01. The number of hydrogen-bond acceptors (Lipinski definition) is 4. The van der Waals surface area contributed by atoms with Gasteiger partial charge in [0, 0.05) is 30.6 Å². The first-order valence-electron chi connectivity index (χ1n) is 7.64. The summed E-state index contributed by atoms with van der Waals surface area (Å²) in [4.78, 5) is 16.5. The van der Waals surface area contributed by atoms with Gasteiger partial charge in [-0.1, -0.05) is 0 Å². The molecular formula is C15H23N3O2S. The van der Waals surface area contributed by atoms with Crippen LogP contribution < -0.4 is 5.32 Å². The van der Waals surface area contributed by atoms with Crippen molar-refractivity contribution in [1.29, 1.82) is 0 Å². The number of ether oxygens (including phenoxy) is 1. The SMILES string of the molecule is CC(C)n1cnc(C(=O)N[C@H]2CCO[C@]3(CCSC3)C2)c1. The molecule has 0 aliphatic carbocycles. The molecule has 6 heteroatoms. The Kier molecular flexibility index (Phi) is 4.26. The van der Waals surface area contributed by atoms with E-state index in [1.807, 2.05) is 22.5 Å². The first kappa shape index (κ1) is 14.9. The molecule has 3 heterocycles. The Morgan fingerprint density at radius 3 is 3.14 bits per heavy atom. The van der Waals surface area contributed by atoms with Crippen LogP contribution >= 0.6 is 11.8 Å². The second kappa shape index (κ2) is 6.01. The first-order chi connectivity index (χ1) is 10.1. The van der Waals surface area contributed by atoms with Crippen LogP contribution in [0.25, 0.3) is 0 Å². The van der Waals surface area contributed by atoms with Crippen LogP contribution in [0.2, 0.25) is 0 Å². The number of carbonyl (C=O) groups is 1. The van der Waals surface area contributed by atoms with Crippen molar-refractivity contribution in [2.24, 2.45) is 0 Å². The van der Waals surface area contributed by atoms with Gasteiger partial charge in [0.2, 0.25) is 0 Å². The van der Waals surface area contributed by atoms with Crippen LogP contribution in [-0.4, -0.2) is 45.2 Å². The molecule has 0 unspecified atom stereocenters. The molecule has 0 saturated carbocycles. The summed E-state index contributed by atoms with van der Waals surface area (Å²) in [6, 6.07) is 0.523. The van der Waals surface area contributed by atoms with Crippen molar-refractivity contribution in [2.75, 3.05) is 18.1 Å². The molecule has 1 aromatic rings. The topological polar surface area (TPSA) is 56.2 Å². The van der Waals surface area contributed by atoms with Crippen LogP contribution in [-0.2, 0) is 4.74 Å². The smallest absolute Gasteiger partial charge is 0.271 e. The molecule has 5 nitrogen and oxygen atoms in total. The van der Waals surface area contributed by atoms with Crippen LogP contribution in [0.4, 0.5) is 0 Å². The molecule has 1 N–H and O–H groups in total. The number of aromatic nitrogens is 2. The molecular weight excluding hydrogens is 286 g/mol. The second-order valence-corrected chi connectivity index (χ2v) is 7.40. The third-order valence-corrected chi connectivity index (χ3v) is 5.55. The molecule has 2 aliphatic rings. The van der Waals surface area contributed by atoms with Crippen LogP contribution in [0.5, 0.6) is 0 Å². The van der Waals surface area contributed by atoms with Gasteiger partial charge in [0.1, 0.15) is 5.69 Å². The average molecular weight is 309 g/mol. The molecule has 116 valence electrons. The lowest BCUT2D eigenvalue weighted by Gasteiger charge is -2.37. The van der Waals surface area contributed by atoms with E-state index < -0.39 is 0 Å². The van der Waals surface area contributed by atoms with E-state index in [0.717, 1.165) is 31.6 Å². The standard InChI is InChI=1S/C15H23N3O2S/c1-11(2)18-8-13(16-10-18)14(19)17-12-3-5-20-15(7-12)4-6-21-9-15/h8,10-12H,3-7,9H2,1-2H3,(H,17,19)/t12-,15+/m0/s1. The molecule has 1 aromatic heterocycles. The molecule has 1 spiro atoms. The number of carbonyl (C=O) groups excluding carboxylic acids is 1. The van der Waals surface area contributed by atoms with Crippen LogP contribution in [0.3, 0.4) is 0 Å². The Morgan fingerprint density at radius 2 is 2.48 bits per heavy atom. The van der Waals surface area contributed by atoms with Crippen molar-refractivity contribution in [3.8, 4) is 0 Å². The van der Waals surface area contributed by atoms with E-state index in [0.29, 0.717) is 11.7 Å². The zero-order valence-electron chi connectivity index (χ0n) is 12.7. The molecule has 0 bridgehead atoms. The summed E-state index contributed by atoms with van der Waals surface area (Å²) in [5.74, 6) is 2.16. The maximum Gasteiger partial charge on any atom is 0.271 e. The molecule has 2 atom stereocenters. The number of thioether (sulfide) groups is 1. The lowest BCUT2D eigenvalue weighted by molar-refractivity contribution is -0.0688. The number of hydrogen-bond donors (Lipinski definition) is 1. The zero-order chi connectivity index (χ0) is 14.9. The molecule has 21 heavy (non-hydrogen) atoms. The Labute approximate surface area is 129 Å². The summed E-state index contributed by atoms with van der Waals surface area (Å²) in [5, 5.41) is 3.13. The molecule has 1 amide bonds. The lowest BCUT2D eigenvalue weighted by Crippen LogP contribution is -2.48.